The Balaban J connectivity index is 3.16. The highest BCUT2D eigenvalue weighted by atomic mass is 32.2. The molecule has 0 radical (unpaired) electrons. The van der Waals surface area contributed by atoms with Gasteiger partial charge in [-0.2, -0.15) is 9.57 Å². The van der Waals surface area contributed by atoms with Crippen LogP contribution in [0.15, 0.2) is 16.3 Å². The van der Waals surface area contributed by atoms with Gasteiger partial charge in [0.25, 0.3) is 10.0 Å². The van der Waals surface area contributed by atoms with Crippen LogP contribution in [-0.4, -0.2) is 25.3 Å². The third kappa shape index (κ3) is 2.43. The molecule has 1 aromatic heterocycles. The molecule has 88 valence electrons. The van der Waals surface area contributed by atoms with Gasteiger partial charge in [0.2, 0.25) is 0 Å². The van der Waals surface area contributed by atoms with Gasteiger partial charge in [0.05, 0.1) is 0 Å². The topological polar surface area (TPSA) is 61.2 Å². The molecule has 0 atom stereocenters. The molecule has 4 nitrogen and oxygen atoms in total. The van der Waals surface area contributed by atoms with Crippen molar-refractivity contribution in [2.45, 2.75) is 31.0 Å². The molecule has 1 aromatic rings. The van der Waals surface area contributed by atoms with Crippen LogP contribution in [0.5, 0.6) is 0 Å². The Morgan fingerprint density at radius 3 is 2.50 bits per heavy atom. The second-order valence-corrected chi connectivity index (χ2v) is 6.73. The zero-order chi connectivity index (χ0) is 12.3. The van der Waals surface area contributed by atoms with Crippen LogP contribution in [0, 0.1) is 11.3 Å². The van der Waals surface area contributed by atoms with Crippen molar-refractivity contribution in [2.75, 3.05) is 6.54 Å². The van der Waals surface area contributed by atoms with Crippen LogP contribution in [-0.2, 0) is 10.0 Å². The van der Waals surface area contributed by atoms with Gasteiger partial charge in [-0.1, -0.05) is 6.92 Å². The molecule has 0 spiro atoms. The van der Waals surface area contributed by atoms with Gasteiger partial charge < -0.3 is 0 Å². The molecule has 0 bridgehead atoms. The van der Waals surface area contributed by atoms with Gasteiger partial charge in [-0.05, 0) is 26.0 Å². The highest BCUT2D eigenvalue weighted by Crippen LogP contribution is 2.25. The minimum Gasteiger partial charge on any atom is -0.206 e. The van der Waals surface area contributed by atoms with Crippen LogP contribution >= 0.6 is 11.3 Å². The first-order valence-electron chi connectivity index (χ1n) is 4.95. The van der Waals surface area contributed by atoms with Crippen molar-refractivity contribution in [3.63, 3.8) is 0 Å². The van der Waals surface area contributed by atoms with Crippen LogP contribution in [0.1, 0.15) is 25.6 Å². The van der Waals surface area contributed by atoms with Crippen molar-refractivity contribution in [1.82, 2.24) is 4.31 Å². The summed E-state index contributed by atoms with van der Waals surface area (Å²) in [6, 6.07) is 4.88. The number of thiophene rings is 1. The molecule has 0 aromatic carbocycles. The zero-order valence-corrected chi connectivity index (χ0v) is 11.1. The van der Waals surface area contributed by atoms with Gasteiger partial charge >= 0.3 is 0 Å². The standard InChI is InChI=1S/C10H14N2O2S2/c1-4-12(8(2)3)16(13,14)10-6-5-9(7-11)15-10/h5-6,8H,4H2,1-3H3. The molecule has 0 saturated heterocycles. The molecular weight excluding hydrogens is 244 g/mol. The first-order chi connectivity index (χ1) is 7.43. The molecule has 0 aliphatic carbocycles. The van der Waals surface area contributed by atoms with Crippen molar-refractivity contribution in [1.29, 1.82) is 5.26 Å². The van der Waals surface area contributed by atoms with Crippen LogP contribution in [0.3, 0.4) is 0 Å². The average Bonchev–Trinajstić information content (AvgIpc) is 2.66. The minimum atomic E-state index is -3.44. The number of hydrogen-bond acceptors (Lipinski definition) is 4. The average molecular weight is 258 g/mol. The lowest BCUT2D eigenvalue weighted by molar-refractivity contribution is 0.370. The molecule has 0 aliphatic heterocycles. The first kappa shape index (κ1) is 13.2. The lowest BCUT2D eigenvalue weighted by Crippen LogP contribution is -2.36. The minimum absolute atomic E-state index is 0.0809. The van der Waals surface area contributed by atoms with E-state index in [0.717, 1.165) is 11.3 Å². The molecule has 0 unspecified atom stereocenters. The molecule has 1 rings (SSSR count). The van der Waals surface area contributed by atoms with E-state index in [2.05, 4.69) is 0 Å². The van der Waals surface area contributed by atoms with Gasteiger partial charge in [0.15, 0.2) is 0 Å². The van der Waals surface area contributed by atoms with Crippen LogP contribution in [0.2, 0.25) is 0 Å². The van der Waals surface area contributed by atoms with Gasteiger partial charge in [-0.15, -0.1) is 11.3 Å². The maximum absolute atomic E-state index is 12.2. The molecule has 6 heteroatoms. The van der Waals surface area contributed by atoms with Crippen molar-refractivity contribution >= 4 is 21.4 Å². The Hall–Kier alpha value is -0.900. The second kappa shape index (κ2) is 4.95. The Bertz CT molecular complexity index is 497. The number of nitriles is 1. The number of hydrogen-bond donors (Lipinski definition) is 0. The van der Waals surface area contributed by atoms with E-state index in [1.807, 2.05) is 19.9 Å². The normalized spacial score (nSPS) is 12.0. The molecule has 0 saturated carbocycles. The zero-order valence-electron chi connectivity index (χ0n) is 9.47. The number of sulfonamides is 1. The summed E-state index contributed by atoms with van der Waals surface area (Å²) >= 11 is 1.01. The Morgan fingerprint density at radius 2 is 2.12 bits per heavy atom. The summed E-state index contributed by atoms with van der Waals surface area (Å²) in [6.07, 6.45) is 0. The van der Waals surface area contributed by atoms with Gasteiger partial charge in [-0.25, -0.2) is 8.42 Å². The van der Waals surface area contributed by atoms with Crippen molar-refractivity contribution in [3.8, 4) is 6.07 Å². The molecule has 1 heterocycles. The highest BCUT2D eigenvalue weighted by Gasteiger charge is 2.26. The van der Waals surface area contributed by atoms with E-state index in [1.165, 1.54) is 16.4 Å². The third-order valence-corrected chi connectivity index (χ3v) is 5.75. The monoisotopic (exact) mass is 258 g/mol. The summed E-state index contributed by atoms with van der Waals surface area (Å²) in [5.41, 5.74) is 0. The van der Waals surface area contributed by atoms with E-state index in [9.17, 15) is 8.42 Å². The van der Waals surface area contributed by atoms with Gasteiger partial charge in [0.1, 0.15) is 15.2 Å². The molecular formula is C10H14N2O2S2. The molecule has 0 fully saturated rings. The number of rotatable bonds is 4. The largest absolute Gasteiger partial charge is 0.252 e. The van der Waals surface area contributed by atoms with Crippen LogP contribution < -0.4 is 0 Å². The van der Waals surface area contributed by atoms with Crippen molar-refractivity contribution in [2.24, 2.45) is 0 Å². The summed E-state index contributed by atoms with van der Waals surface area (Å²) in [5.74, 6) is 0. The van der Waals surface area contributed by atoms with Crippen molar-refractivity contribution in [3.05, 3.63) is 17.0 Å². The Labute approximate surface area is 100 Å². The Kier molecular flexibility index (Phi) is 4.08. The molecule has 0 N–H and O–H groups in total. The smallest absolute Gasteiger partial charge is 0.206 e. The van der Waals surface area contributed by atoms with Crippen LogP contribution in [0.4, 0.5) is 0 Å². The lowest BCUT2D eigenvalue weighted by atomic mass is 10.4. The SMILES string of the molecule is CCN(C(C)C)S(=O)(=O)c1ccc(C#N)s1. The fraction of sp³-hybridized carbons (Fsp3) is 0.500. The fourth-order valence-electron chi connectivity index (χ4n) is 1.45. The second-order valence-electron chi connectivity index (χ2n) is 3.53. The molecule has 16 heavy (non-hydrogen) atoms. The van der Waals surface area contributed by atoms with Gasteiger partial charge in [0, 0.05) is 12.6 Å². The van der Waals surface area contributed by atoms with E-state index in [1.54, 1.807) is 6.92 Å². The predicted octanol–water partition coefficient (Wildman–Crippen LogP) is 2.04. The van der Waals surface area contributed by atoms with E-state index in [-0.39, 0.29) is 10.3 Å². The summed E-state index contributed by atoms with van der Waals surface area (Å²) in [4.78, 5) is 0.415. The third-order valence-electron chi connectivity index (χ3n) is 2.14. The summed E-state index contributed by atoms with van der Waals surface area (Å²) < 4.78 is 26.0. The summed E-state index contributed by atoms with van der Waals surface area (Å²) in [5, 5.41) is 8.67. The quantitative estimate of drug-likeness (QED) is 0.830. The van der Waals surface area contributed by atoms with E-state index >= 15 is 0 Å². The maximum atomic E-state index is 12.2. The first-order valence-corrected chi connectivity index (χ1v) is 7.21. The van der Waals surface area contributed by atoms with E-state index in [0.29, 0.717) is 11.4 Å². The summed E-state index contributed by atoms with van der Waals surface area (Å²) in [7, 11) is -3.44. The Morgan fingerprint density at radius 1 is 1.50 bits per heavy atom. The van der Waals surface area contributed by atoms with E-state index < -0.39 is 10.0 Å². The predicted molar refractivity (Wildman–Crippen MR) is 63.7 cm³/mol. The molecule has 0 amide bonds. The maximum Gasteiger partial charge on any atom is 0.252 e. The highest BCUT2D eigenvalue weighted by molar-refractivity contribution is 7.91. The van der Waals surface area contributed by atoms with E-state index in [4.69, 9.17) is 5.26 Å². The molecule has 0 aliphatic rings. The number of nitrogens with zero attached hydrogens (tertiary/aromatic N) is 2. The fourth-order valence-corrected chi connectivity index (χ4v) is 4.33. The lowest BCUT2D eigenvalue weighted by Gasteiger charge is -2.23. The van der Waals surface area contributed by atoms with Gasteiger partial charge in [-0.3, -0.25) is 0 Å². The van der Waals surface area contributed by atoms with Crippen LogP contribution in [0.25, 0.3) is 0 Å². The summed E-state index contributed by atoms with van der Waals surface area (Å²) in [6.45, 7) is 5.90. The van der Waals surface area contributed by atoms with Crippen molar-refractivity contribution < 1.29 is 8.42 Å².